The Kier molecular flexibility index (Phi) is 32.4. The van der Waals surface area contributed by atoms with Crippen molar-refractivity contribution >= 4 is 43.2 Å². The number of carboxylic acid groups (broad SMARTS) is 2. The van der Waals surface area contributed by atoms with Crippen molar-refractivity contribution in [3.63, 3.8) is 0 Å². The average molecular weight is 1010 g/mol. The van der Waals surface area contributed by atoms with Crippen LogP contribution < -0.4 is 39.8 Å². The van der Waals surface area contributed by atoms with Crippen molar-refractivity contribution in [3.05, 3.63) is 0 Å². The van der Waals surface area contributed by atoms with Crippen molar-refractivity contribution in [1.29, 1.82) is 0 Å². The Morgan fingerprint density at radius 3 is 1.05 bits per heavy atom. The Hall–Kier alpha value is -0.930. The number of hydrogen-bond acceptors (Lipinski definition) is 9. The van der Waals surface area contributed by atoms with Gasteiger partial charge in [-0.15, -0.1) is 11.6 Å². The molecule has 0 rings (SSSR count). The molecule has 0 saturated heterocycles. The number of nitrogens with zero attached hydrogens (tertiary/aromatic N) is 2. The van der Waals surface area contributed by atoms with E-state index in [0.29, 0.717) is 32.2 Å². The maximum absolute atomic E-state index is 13.4. The van der Waals surface area contributed by atoms with Gasteiger partial charge < -0.3 is 29.2 Å². The van der Waals surface area contributed by atoms with E-state index in [9.17, 15) is 88.2 Å². The van der Waals surface area contributed by atoms with Gasteiger partial charge in [0.1, 0.15) is 26.2 Å². The Morgan fingerprint density at radius 1 is 0.516 bits per heavy atom. The van der Waals surface area contributed by atoms with Gasteiger partial charge in [0.05, 0.1) is 61.5 Å². The van der Waals surface area contributed by atoms with Crippen LogP contribution in [0.4, 0.5) is 61.5 Å². The summed E-state index contributed by atoms with van der Waals surface area (Å²) in [5.41, 5.74) is -10.5. The van der Waals surface area contributed by atoms with Crippen LogP contribution >= 0.6 is 11.6 Å². The van der Waals surface area contributed by atoms with Crippen molar-refractivity contribution in [3.8, 4) is 0 Å². The smallest absolute Gasteiger partial charge is 0.549 e. The van der Waals surface area contributed by atoms with Crippen LogP contribution in [0.3, 0.4) is 0 Å². The van der Waals surface area contributed by atoms with Crippen LogP contribution in [0, 0.1) is 0 Å². The van der Waals surface area contributed by atoms with Crippen molar-refractivity contribution in [1.82, 2.24) is 4.90 Å². The molecule has 0 atom stereocenters. The standard InChI is InChI=1S/C17H28F7NO4S.C15H26F7NO2S.C2H3ClO2.Na/c1-25(2,13-14(26)27)10-6-8-12-30(28,29)11-7-4-3-5-9-15(18,16(19,20)21)17(22,23)24;1-23(2)10-6-8-12-26(24,25)11-7-4-3-5-9-13(16,14(17,18)19)15(20,21)22;3-1-2(4)5;/h3-13H2,1-2H3;3-12H2,1-2H3;1H2,(H,4,5);/q;;;+1/p-1. The molecule has 0 aromatic rings. The maximum Gasteiger partial charge on any atom is 1.00 e. The van der Waals surface area contributed by atoms with E-state index in [-0.39, 0.29) is 102 Å². The van der Waals surface area contributed by atoms with Crippen LogP contribution in [0.2, 0.25) is 0 Å². The SMILES string of the molecule is CN(C)CCCCS(=O)(=O)CCCCCCC(F)(C(F)(F)F)C(F)(F)F.C[N+](C)(CCCCS(=O)(=O)CCCCCCC(F)(C(F)(F)F)C(F)(F)F)CC(=O)[O-].O=C([O-])CCl.[Na+]. The molecule has 0 fully saturated rings. The Labute approximate surface area is 381 Å². The van der Waals surface area contributed by atoms with Gasteiger partial charge in [0.25, 0.3) is 11.3 Å². The molecule has 0 aromatic carbocycles. The summed E-state index contributed by atoms with van der Waals surface area (Å²) in [7, 11) is 0.292. The van der Waals surface area contributed by atoms with Crippen molar-refractivity contribution in [2.75, 3.05) is 76.7 Å². The first-order valence-electron chi connectivity index (χ1n) is 18.7. The van der Waals surface area contributed by atoms with Gasteiger partial charge in [-0.2, -0.15) is 52.7 Å². The van der Waals surface area contributed by atoms with Gasteiger partial charge in [0, 0.05) is 0 Å². The zero-order chi connectivity index (χ0) is 48.8. The number of alkyl halides is 15. The minimum atomic E-state index is -6.07. The number of quaternary nitrogens is 1. The quantitative estimate of drug-likeness (QED) is 0.0397. The molecule has 0 saturated carbocycles. The van der Waals surface area contributed by atoms with E-state index in [1.807, 2.05) is 19.0 Å². The van der Waals surface area contributed by atoms with Gasteiger partial charge in [-0.05, 0) is 84.8 Å². The average Bonchev–Trinajstić information content (AvgIpc) is 3.06. The first kappa shape index (κ1) is 67.7. The fraction of sp³-hybridized carbons (Fsp3) is 0.941. The minimum absolute atomic E-state index is 0. The van der Waals surface area contributed by atoms with Gasteiger partial charge in [0.15, 0.2) is 0 Å². The third-order valence-electron chi connectivity index (χ3n) is 8.70. The van der Waals surface area contributed by atoms with Crippen LogP contribution in [0.5, 0.6) is 0 Å². The molecule has 368 valence electrons. The first-order valence-corrected chi connectivity index (χ1v) is 22.9. The van der Waals surface area contributed by atoms with Crippen LogP contribution in [0.1, 0.15) is 89.9 Å². The minimum Gasteiger partial charge on any atom is -0.549 e. The molecule has 0 aliphatic carbocycles. The van der Waals surface area contributed by atoms with E-state index in [1.165, 1.54) is 0 Å². The summed E-state index contributed by atoms with van der Waals surface area (Å²) < 4.78 is 223. The number of unbranched alkanes of at least 4 members (excludes halogenated alkanes) is 8. The molecule has 0 bridgehead atoms. The van der Waals surface area contributed by atoms with Gasteiger partial charge in [-0.1, -0.05) is 25.7 Å². The second-order valence-electron chi connectivity index (χ2n) is 15.1. The summed E-state index contributed by atoms with van der Waals surface area (Å²) >= 11 is 4.67. The molecule has 0 spiro atoms. The second kappa shape index (κ2) is 29.7. The van der Waals surface area contributed by atoms with Gasteiger partial charge in [-0.3, -0.25) is 0 Å². The topological polar surface area (TPSA) is 152 Å². The molecule has 28 heteroatoms. The van der Waals surface area contributed by atoms with E-state index in [0.717, 1.165) is 6.54 Å². The number of carboxylic acids is 2. The summed E-state index contributed by atoms with van der Waals surface area (Å²) in [4.78, 5) is 21.6. The van der Waals surface area contributed by atoms with Crippen LogP contribution in [0.15, 0.2) is 0 Å². The van der Waals surface area contributed by atoms with Crippen molar-refractivity contribution in [2.45, 2.75) is 126 Å². The van der Waals surface area contributed by atoms with Gasteiger partial charge in [-0.25, -0.2) is 25.6 Å². The predicted molar refractivity (Wildman–Crippen MR) is 195 cm³/mol. The van der Waals surface area contributed by atoms with Crippen molar-refractivity contribution in [2.24, 2.45) is 0 Å². The normalized spacial score (nSPS) is 13.4. The predicted octanol–water partition coefficient (Wildman–Crippen LogP) is 3.30. The molecule has 0 aromatic heterocycles. The molecular formula is C34H56ClF14N2NaO8S2. The first-order chi connectivity index (χ1) is 27.2. The fourth-order valence-corrected chi connectivity index (χ4v) is 8.21. The van der Waals surface area contributed by atoms with E-state index in [4.69, 9.17) is 9.90 Å². The van der Waals surface area contributed by atoms with Crippen LogP contribution in [-0.4, -0.2) is 151 Å². The largest absolute Gasteiger partial charge is 1.00 e. The molecule has 62 heavy (non-hydrogen) atoms. The molecule has 0 radical (unpaired) electrons. The monoisotopic (exact) mass is 1010 g/mol. The Bertz CT molecular complexity index is 1450. The summed E-state index contributed by atoms with van der Waals surface area (Å²) in [5, 5.41) is 19.7. The third-order valence-corrected chi connectivity index (χ3v) is 12.6. The Morgan fingerprint density at radius 2 is 0.790 bits per heavy atom. The summed E-state index contributed by atoms with van der Waals surface area (Å²) in [6.45, 7) is 0.960. The number of hydrogen-bond donors (Lipinski definition) is 0. The van der Waals surface area contributed by atoms with Crippen molar-refractivity contribution < 1.29 is 132 Å². The molecule has 0 aliphatic heterocycles. The summed E-state index contributed by atoms with van der Waals surface area (Å²) in [6, 6.07) is 0. The number of rotatable bonds is 27. The van der Waals surface area contributed by atoms with Gasteiger partial charge >= 0.3 is 54.3 Å². The summed E-state index contributed by atoms with van der Waals surface area (Å²) in [5.74, 6) is -3.47. The molecule has 10 nitrogen and oxygen atoms in total. The molecule has 0 amide bonds. The number of sulfone groups is 2. The number of likely N-dealkylation sites (N-methyl/N-ethyl adjacent to an activating group) is 1. The number of carbonyl (C=O) groups is 2. The number of halogens is 15. The van der Waals surface area contributed by atoms with E-state index < -0.39 is 99.2 Å². The molecule has 0 aliphatic rings. The van der Waals surface area contributed by atoms with E-state index in [1.54, 1.807) is 14.1 Å². The van der Waals surface area contributed by atoms with Crippen LogP contribution in [-0.2, 0) is 29.3 Å². The molecule has 0 N–H and O–H groups in total. The van der Waals surface area contributed by atoms with Gasteiger partial charge in [0.2, 0.25) is 0 Å². The fourth-order valence-electron chi connectivity index (χ4n) is 5.22. The zero-order valence-electron chi connectivity index (χ0n) is 35.2. The third kappa shape index (κ3) is 30.3. The molecule has 0 heterocycles. The number of aliphatic carboxylic acids is 2. The second-order valence-corrected chi connectivity index (χ2v) is 20.0. The number of carbonyl (C=O) groups excluding carboxylic acids is 2. The molecule has 0 unspecified atom stereocenters. The molecular weight excluding hydrogens is 953 g/mol. The van der Waals surface area contributed by atoms with E-state index >= 15 is 0 Å². The van der Waals surface area contributed by atoms with Crippen LogP contribution in [0.25, 0.3) is 0 Å². The van der Waals surface area contributed by atoms with E-state index in [2.05, 4.69) is 11.6 Å². The zero-order valence-corrected chi connectivity index (χ0v) is 39.6. The maximum atomic E-state index is 13.4. The Balaban J connectivity index is -0.000000485. The summed E-state index contributed by atoms with van der Waals surface area (Å²) in [6.07, 6.45) is -26.9.